The number of hydrogen-bond donors (Lipinski definition) is 2. The highest BCUT2D eigenvalue weighted by atomic mass is 35.5. The van der Waals surface area contributed by atoms with Crippen LogP contribution < -0.4 is 5.73 Å². The van der Waals surface area contributed by atoms with Crippen LogP contribution in [0, 0.1) is 0 Å². The minimum atomic E-state index is -0.990. The molecule has 0 rings (SSSR count). The van der Waals surface area contributed by atoms with Crippen LogP contribution in [0.4, 0.5) is 0 Å². The van der Waals surface area contributed by atoms with E-state index in [0.717, 1.165) is 12.8 Å². The SMILES string of the molecule is CCCCC(N)(CC)C(=O)O.Cl. The molecule has 74 valence electrons. The summed E-state index contributed by atoms with van der Waals surface area (Å²) in [5, 5.41) is 8.73. The van der Waals surface area contributed by atoms with Crippen molar-refractivity contribution in [2.45, 2.75) is 45.1 Å². The molecule has 12 heavy (non-hydrogen) atoms. The van der Waals surface area contributed by atoms with Gasteiger partial charge in [0, 0.05) is 0 Å². The molecule has 1 atom stereocenters. The molecular formula is C8H18ClNO2. The molecule has 0 aromatic carbocycles. The van der Waals surface area contributed by atoms with E-state index < -0.39 is 11.5 Å². The Bertz CT molecular complexity index is 141. The minimum absolute atomic E-state index is 0. The van der Waals surface area contributed by atoms with E-state index in [9.17, 15) is 4.79 Å². The van der Waals surface area contributed by atoms with Gasteiger partial charge in [0.15, 0.2) is 0 Å². The Balaban J connectivity index is 0. The van der Waals surface area contributed by atoms with Crippen molar-refractivity contribution in [3.8, 4) is 0 Å². The van der Waals surface area contributed by atoms with Crippen molar-refractivity contribution < 1.29 is 9.90 Å². The highest BCUT2D eigenvalue weighted by molar-refractivity contribution is 5.85. The Morgan fingerprint density at radius 3 is 2.25 bits per heavy atom. The smallest absolute Gasteiger partial charge is 0.323 e. The average molecular weight is 196 g/mol. The number of carbonyl (C=O) groups is 1. The van der Waals surface area contributed by atoms with E-state index in [4.69, 9.17) is 10.8 Å². The fraction of sp³-hybridized carbons (Fsp3) is 0.875. The molecule has 4 heteroatoms. The number of carboxylic acids is 1. The molecule has 0 aliphatic carbocycles. The number of hydrogen-bond acceptors (Lipinski definition) is 2. The fourth-order valence-corrected chi connectivity index (χ4v) is 0.927. The molecule has 0 aromatic heterocycles. The van der Waals surface area contributed by atoms with Crippen molar-refractivity contribution >= 4 is 18.4 Å². The molecule has 0 aromatic rings. The van der Waals surface area contributed by atoms with Crippen molar-refractivity contribution in [2.75, 3.05) is 0 Å². The third-order valence-electron chi connectivity index (χ3n) is 2.03. The van der Waals surface area contributed by atoms with Crippen LogP contribution in [0.15, 0.2) is 0 Å². The predicted molar refractivity (Wildman–Crippen MR) is 51.6 cm³/mol. The van der Waals surface area contributed by atoms with Gasteiger partial charge in [-0.3, -0.25) is 4.79 Å². The first-order valence-electron chi connectivity index (χ1n) is 4.09. The standard InChI is InChI=1S/C8H17NO2.ClH/c1-3-5-6-8(9,4-2)7(10)11;/h3-6,9H2,1-2H3,(H,10,11);1H. The number of carboxylic acid groups (broad SMARTS) is 1. The summed E-state index contributed by atoms with van der Waals surface area (Å²) in [6.07, 6.45) is 2.96. The van der Waals surface area contributed by atoms with Crippen molar-refractivity contribution in [3.05, 3.63) is 0 Å². The van der Waals surface area contributed by atoms with E-state index >= 15 is 0 Å². The summed E-state index contributed by atoms with van der Waals surface area (Å²) in [5.74, 6) is -0.881. The second kappa shape index (κ2) is 6.26. The van der Waals surface area contributed by atoms with Gasteiger partial charge in [-0.25, -0.2) is 0 Å². The zero-order valence-electron chi connectivity index (χ0n) is 7.67. The molecule has 0 aliphatic rings. The van der Waals surface area contributed by atoms with Crippen LogP contribution in [-0.2, 0) is 4.79 Å². The van der Waals surface area contributed by atoms with Crippen LogP contribution in [-0.4, -0.2) is 16.6 Å². The fourth-order valence-electron chi connectivity index (χ4n) is 0.927. The van der Waals surface area contributed by atoms with Gasteiger partial charge in [-0.1, -0.05) is 26.7 Å². The molecule has 0 saturated heterocycles. The normalized spacial score (nSPS) is 14.6. The Morgan fingerprint density at radius 2 is 2.00 bits per heavy atom. The number of aliphatic carboxylic acids is 1. The maximum atomic E-state index is 10.6. The summed E-state index contributed by atoms with van der Waals surface area (Å²) >= 11 is 0. The Labute approximate surface area is 79.7 Å². The van der Waals surface area contributed by atoms with Gasteiger partial charge in [-0.15, -0.1) is 12.4 Å². The van der Waals surface area contributed by atoms with Gasteiger partial charge < -0.3 is 10.8 Å². The molecule has 0 saturated carbocycles. The number of nitrogens with two attached hydrogens (primary N) is 1. The molecule has 0 bridgehead atoms. The van der Waals surface area contributed by atoms with Crippen LogP contribution >= 0.6 is 12.4 Å². The van der Waals surface area contributed by atoms with Gasteiger partial charge >= 0.3 is 5.97 Å². The Morgan fingerprint density at radius 1 is 1.50 bits per heavy atom. The van der Waals surface area contributed by atoms with E-state index in [1.165, 1.54) is 0 Å². The average Bonchev–Trinajstić information content (AvgIpc) is 2.00. The van der Waals surface area contributed by atoms with Crippen molar-refractivity contribution in [2.24, 2.45) is 5.73 Å². The molecule has 0 fully saturated rings. The summed E-state index contributed by atoms with van der Waals surface area (Å²) in [5.41, 5.74) is 4.64. The van der Waals surface area contributed by atoms with Gasteiger partial charge in [-0.2, -0.15) is 0 Å². The van der Waals surface area contributed by atoms with E-state index in [-0.39, 0.29) is 12.4 Å². The van der Waals surface area contributed by atoms with E-state index in [1.807, 2.05) is 13.8 Å². The largest absolute Gasteiger partial charge is 0.480 e. The summed E-state index contributed by atoms with van der Waals surface area (Å²) < 4.78 is 0. The molecule has 0 heterocycles. The van der Waals surface area contributed by atoms with Crippen molar-refractivity contribution in [1.82, 2.24) is 0 Å². The molecule has 1 unspecified atom stereocenters. The molecule has 3 N–H and O–H groups in total. The maximum Gasteiger partial charge on any atom is 0.323 e. The van der Waals surface area contributed by atoms with Crippen molar-refractivity contribution in [1.29, 1.82) is 0 Å². The van der Waals surface area contributed by atoms with Crippen LogP contribution in [0.5, 0.6) is 0 Å². The molecule has 0 spiro atoms. The van der Waals surface area contributed by atoms with Gasteiger partial charge in [0.25, 0.3) is 0 Å². The van der Waals surface area contributed by atoms with Gasteiger partial charge in [0.2, 0.25) is 0 Å². The first kappa shape index (κ1) is 14.3. The van der Waals surface area contributed by atoms with Gasteiger partial charge in [0.1, 0.15) is 5.54 Å². The molecule has 0 amide bonds. The number of halogens is 1. The summed E-state index contributed by atoms with van der Waals surface area (Å²) in [6.45, 7) is 3.84. The second-order valence-electron chi connectivity index (χ2n) is 2.92. The van der Waals surface area contributed by atoms with Crippen LogP contribution in [0.3, 0.4) is 0 Å². The van der Waals surface area contributed by atoms with Crippen LogP contribution in [0.25, 0.3) is 0 Å². The lowest BCUT2D eigenvalue weighted by Crippen LogP contribution is -2.47. The quantitative estimate of drug-likeness (QED) is 0.703. The zero-order valence-corrected chi connectivity index (χ0v) is 8.49. The third kappa shape index (κ3) is 3.93. The van der Waals surface area contributed by atoms with E-state index in [1.54, 1.807) is 0 Å². The Hall–Kier alpha value is -0.280. The van der Waals surface area contributed by atoms with Gasteiger partial charge in [-0.05, 0) is 12.8 Å². The summed E-state index contributed by atoms with van der Waals surface area (Å²) in [7, 11) is 0. The first-order valence-corrected chi connectivity index (χ1v) is 4.09. The molecular weight excluding hydrogens is 178 g/mol. The predicted octanol–water partition coefficient (Wildman–Crippen LogP) is 1.79. The topological polar surface area (TPSA) is 63.3 Å². The minimum Gasteiger partial charge on any atom is -0.480 e. The number of unbranched alkanes of at least 4 members (excludes halogenated alkanes) is 1. The summed E-state index contributed by atoms with van der Waals surface area (Å²) in [4.78, 5) is 10.6. The molecule has 0 aliphatic heterocycles. The Kier molecular flexibility index (Phi) is 7.44. The lowest BCUT2D eigenvalue weighted by Gasteiger charge is -2.22. The van der Waals surface area contributed by atoms with E-state index in [2.05, 4.69) is 0 Å². The van der Waals surface area contributed by atoms with Gasteiger partial charge in [0.05, 0.1) is 0 Å². The van der Waals surface area contributed by atoms with Crippen LogP contribution in [0.2, 0.25) is 0 Å². The van der Waals surface area contributed by atoms with Crippen molar-refractivity contribution in [3.63, 3.8) is 0 Å². The lowest BCUT2D eigenvalue weighted by molar-refractivity contribution is -0.143. The summed E-state index contributed by atoms with van der Waals surface area (Å²) in [6, 6.07) is 0. The second-order valence-corrected chi connectivity index (χ2v) is 2.92. The third-order valence-corrected chi connectivity index (χ3v) is 2.03. The molecule has 0 radical (unpaired) electrons. The van der Waals surface area contributed by atoms with E-state index in [0.29, 0.717) is 12.8 Å². The monoisotopic (exact) mass is 195 g/mol. The highest BCUT2D eigenvalue weighted by Crippen LogP contribution is 2.15. The zero-order chi connectivity index (χ0) is 8.91. The number of rotatable bonds is 5. The maximum absolute atomic E-state index is 10.6. The molecule has 3 nitrogen and oxygen atoms in total. The van der Waals surface area contributed by atoms with Crippen LogP contribution in [0.1, 0.15) is 39.5 Å². The highest BCUT2D eigenvalue weighted by Gasteiger charge is 2.30. The lowest BCUT2D eigenvalue weighted by atomic mass is 9.91. The first-order chi connectivity index (χ1) is 5.06.